The summed E-state index contributed by atoms with van der Waals surface area (Å²) >= 11 is 0. The van der Waals surface area contributed by atoms with Crippen LogP contribution in [-0.4, -0.2) is 52.3 Å². The zero-order valence-electron chi connectivity index (χ0n) is 11.3. The second-order valence-electron chi connectivity index (χ2n) is 4.53. The Hall–Kier alpha value is -1.30. The van der Waals surface area contributed by atoms with Crippen molar-refractivity contribution in [3.63, 3.8) is 0 Å². The number of hydrogen-bond donors (Lipinski definition) is 3. The maximum atomic E-state index is 11.8. The fourth-order valence-electron chi connectivity index (χ4n) is 1.50. The molecule has 0 aromatic rings. The summed E-state index contributed by atoms with van der Waals surface area (Å²) in [5, 5.41) is 20.0. The third-order valence-electron chi connectivity index (χ3n) is 2.62. The number of urea groups is 1. The fraction of sp³-hybridized carbons (Fsp3) is 0.833. The van der Waals surface area contributed by atoms with E-state index in [0.717, 1.165) is 19.3 Å². The van der Waals surface area contributed by atoms with Crippen LogP contribution in [0.5, 0.6) is 0 Å². The Bertz CT molecular complexity index is 269. The number of aliphatic carboxylic acids is 1. The lowest BCUT2D eigenvalue weighted by atomic mass is 10.2. The Morgan fingerprint density at radius 1 is 1.28 bits per heavy atom. The van der Waals surface area contributed by atoms with Crippen LogP contribution in [0.1, 0.15) is 40.0 Å². The van der Waals surface area contributed by atoms with E-state index < -0.39 is 12.1 Å². The molecule has 0 radical (unpaired) electrons. The zero-order valence-corrected chi connectivity index (χ0v) is 11.3. The van der Waals surface area contributed by atoms with Gasteiger partial charge in [0.15, 0.2) is 6.10 Å². The summed E-state index contributed by atoms with van der Waals surface area (Å²) in [6.07, 6.45) is 1.49. The molecule has 0 saturated heterocycles. The number of carboxylic acid groups (broad SMARTS) is 1. The average Bonchev–Trinajstić information content (AvgIpc) is 2.30. The molecule has 0 aliphatic carbocycles. The molecule has 6 heteroatoms. The van der Waals surface area contributed by atoms with E-state index in [0.29, 0.717) is 6.54 Å². The van der Waals surface area contributed by atoms with Crippen molar-refractivity contribution < 1.29 is 19.8 Å². The maximum Gasteiger partial charge on any atom is 0.334 e. The molecule has 0 aliphatic heterocycles. The van der Waals surface area contributed by atoms with Crippen molar-refractivity contribution >= 4 is 12.0 Å². The highest BCUT2D eigenvalue weighted by molar-refractivity contribution is 5.77. The summed E-state index contributed by atoms with van der Waals surface area (Å²) in [4.78, 5) is 23.9. The first-order chi connectivity index (χ1) is 8.40. The molecule has 0 heterocycles. The summed E-state index contributed by atoms with van der Waals surface area (Å²) in [6, 6.07) is -0.287. The van der Waals surface area contributed by atoms with Gasteiger partial charge in [0.05, 0.1) is 6.54 Å². The Labute approximate surface area is 108 Å². The van der Waals surface area contributed by atoms with Crippen LogP contribution in [0.4, 0.5) is 4.79 Å². The predicted octanol–water partition coefficient (Wildman–Crippen LogP) is 1.04. The van der Waals surface area contributed by atoms with E-state index in [1.807, 2.05) is 13.8 Å². The van der Waals surface area contributed by atoms with Crippen LogP contribution in [-0.2, 0) is 4.79 Å². The molecular formula is C12H24N2O4. The van der Waals surface area contributed by atoms with Gasteiger partial charge in [-0.15, -0.1) is 0 Å². The Kier molecular flexibility index (Phi) is 8.11. The highest BCUT2D eigenvalue weighted by atomic mass is 16.4. The molecule has 2 amide bonds. The van der Waals surface area contributed by atoms with Gasteiger partial charge in [0.2, 0.25) is 0 Å². The molecule has 0 rings (SSSR count). The molecule has 0 aromatic heterocycles. The van der Waals surface area contributed by atoms with Crippen molar-refractivity contribution in [3.05, 3.63) is 0 Å². The van der Waals surface area contributed by atoms with Crippen molar-refractivity contribution in [3.8, 4) is 0 Å². The summed E-state index contributed by atoms with van der Waals surface area (Å²) in [6.45, 7) is 6.26. The molecule has 0 saturated carbocycles. The number of nitrogens with one attached hydrogen (secondary N) is 1. The zero-order chi connectivity index (χ0) is 14.1. The summed E-state index contributed by atoms with van der Waals surface area (Å²) in [5.41, 5.74) is 0. The first-order valence-corrected chi connectivity index (χ1v) is 6.35. The van der Waals surface area contributed by atoms with Gasteiger partial charge >= 0.3 is 12.0 Å². The number of unbranched alkanes of at least 4 members (excludes halogenated alkanes) is 2. The monoisotopic (exact) mass is 260 g/mol. The minimum Gasteiger partial charge on any atom is -0.479 e. The van der Waals surface area contributed by atoms with E-state index in [4.69, 9.17) is 10.2 Å². The molecule has 0 aromatic carbocycles. The molecule has 106 valence electrons. The fourth-order valence-corrected chi connectivity index (χ4v) is 1.50. The van der Waals surface area contributed by atoms with Gasteiger partial charge in [0.25, 0.3) is 0 Å². The minimum atomic E-state index is -1.56. The van der Waals surface area contributed by atoms with Gasteiger partial charge in [-0.3, -0.25) is 0 Å². The molecule has 1 unspecified atom stereocenters. The summed E-state index contributed by atoms with van der Waals surface area (Å²) in [7, 11) is 0. The van der Waals surface area contributed by atoms with Crippen LogP contribution in [0.2, 0.25) is 0 Å². The van der Waals surface area contributed by atoms with Crippen molar-refractivity contribution in [1.29, 1.82) is 0 Å². The van der Waals surface area contributed by atoms with Gasteiger partial charge in [-0.25, -0.2) is 9.59 Å². The van der Waals surface area contributed by atoms with E-state index in [9.17, 15) is 9.59 Å². The van der Waals surface area contributed by atoms with Gasteiger partial charge in [0, 0.05) is 12.6 Å². The van der Waals surface area contributed by atoms with E-state index in [2.05, 4.69) is 12.2 Å². The van der Waals surface area contributed by atoms with Crippen LogP contribution in [0.25, 0.3) is 0 Å². The Balaban J connectivity index is 4.18. The normalized spacial score (nSPS) is 12.3. The van der Waals surface area contributed by atoms with Gasteiger partial charge in [0.1, 0.15) is 0 Å². The largest absolute Gasteiger partial charge is 0.479 e. The maximum absolute atomic E-state index is 11.8. The lowest BCUT2D eigenvalue weighted by Gasteiger charge is -2.27. The molecule has 0 fully saturated rings. The molecule has 0 aliphatic rings. The first kappa shape index (κ1) is 16.7. The van der Waals surface area contributed by atoms with Crippen molar-refractivity contribution in [2.45, 2.75) is 52.2 Å². The summed E-state index contributed by atoms with van der Waals surface area (Å²) < 4.78 is 0. The number of carbonyl (C=O) groups is 2. The minimum absolute atomic E-state index is 0.0452. The lowest BCUT2D eigenvalue weighted by Crippen LogP contribution is -2.47. The Morgan fingerprint density at radius 2 is 1.89 bits per heavy atom. The van der Waals surface area contributed by atoms with Gasteiger partial charge < -0.3 is 20.4 Å². The number of amides is 2. The molecule has 1 atom stereocenters. The van der Waals surface area contributed by atoms with E-state index >= 15 is 0 Å². The number of carboxylic acids is 1. The number of aliphatic hydroxyl groups is 1. The molecule has 6 nitrogen and oxygen atoms in total. The van der Waals surface area contributed by atoms with Gasteiger partial charge in [-0.2, -0.15) is 0 Å². The Morgan fingerprint density at radius 3 is 2.33 bits per heavy atom. The summed E-state index contributed by atoms with van der Waals surface area (Å²) in [5.74, 6) is -1.34. The molecule has 3 N–H and O–H groups in total. The molecule has 18 heavy (non-hydrogen) atoms. The third kappa shape index (κ3) is 6.44. The van der Waals surface area contributed by atoms with Crippen molar-refractivity contribution in [2.75, 3.05) is 13.1 Å². The quantitative estimate of drug-likeness (QED) is 0.569. The molecular weight excluding hydrogens is 236 g/mol. The van der Waals surface area contributed by atoms with E-state index in [1.54, 1.807) is 4.90 Å². The van der Waals surface area contributed by atoms with Crippen LogP contribution >= 0.6 is 0 Å². The second kappa shape index (κ2) is 8.74. The standard InChI is InChI=1S/C12H24N2O4/c1-4-5-6-7-14(9(2)3)12(18)13-8-10(15)11(16)17/h9-10,15H,4-8H2,1-3H3,(H,13,18)(H,16,17). The lowest BCUT2D eigenvalue weighted by molar-refractivity contribution is -0.146. The number of hydrogen-bond acceptors (Lipinski definition) is 3. The molecule has 0 bridgehead atoms. The van der Waals surface area contributed by atoms with Crippen molar-refractivity contribution in [1.82, 2.24) is 10.2 Å². The van der Waals surface area contributed by atoms with Crippen LogP contribution in [0.3, 0.4) is 0 Å². The number of nitrogens with zero attached hydrogens (tertiary/aromatic N) is 1. The first-order valence-electron chi connectivity index (χ1n) is 6.35. The highest BCUT2D eigenvalue weighted by Gasteiger charge is 2.19. The number of carbonyl (C=O) groups excluding carboxylic acids is 1. The topological polar surface area (TPSA) is 89.9 Å². The third-order valence-corrected chi connectivity index (χ3v) is 2.62. The second-order valence-corrected chi connectivity index (χ2v) is 4.53. The number of rotatable bonds is 8. The van der Waals surface area contributed by atoms with Crippen LogP contribution < -0.4 is 5.32 Å². The highest BCUT2D eigenvalue weighted by Crippen LogP contribution is 2.03. The van der Waals surface area contributed by atoms with E-state index in [1.165, 1.54) is 0 Å². The number of aliphatic hydroxyl groups excluding tert-OH is 1. The van der Waals surface area contributed by atoms with Crippen LogP contribution in [0.15, 0.2) is 0 Å². The van der Waals surface area contributed by atoms with Gasteiger partial charge in [-0.05, 0) is 20.3 Å². The van der Waals surface area contributed by atoms with Crippen LogP contribution in [0, 0.1) is 0 Å². The SMILES string of the molecule is CCCCCN(C(=O)NCC(O)C(=O)O)C(C)C. The average molecular weight is 260 g/mol. The van der Waals surface area contributed by atoms with Gasteiger partial charge in [-0.1, -0.05) is 19.8 Å². The van der Waals surface area contributed by atoms with E-state index in [-0.39, 0.29) is 18.6 Å². The molecule has 0 spiro atoms. The van der Waals surface area contributed by atoms with Crippen molar-refractivity contribution in [2.24, 2.45) is 0 Å². The predicted molar refractivity (Wildman–Crippen MR) is 68.4 cm³/mol. The smallest absolute Gasteiger partial charge is 0.334 e.